The Morgan fingerprint density at radius 3 is 2.55 bits per heavy atom. The summed E-state index contributed by atoms with van der Waals surface area (Å²) in [6.07, 6.45) is 0. The highest BCUT2D eigenvalue weighted by Gasteiger charge is 2.14. The van der Waals surface area contributed by atoms with Gasteiger partial charge in [0.2, 0.25) is 5.96 Å². The number of methoxy groups -OCH3 is 1. The first-order chi connectivity index (χ1) is 9.43. The fourth-order valence-electron chi connectivity index (χ4n) is 1.76. The van der Waals surface area contributed by atoms with Gasteiger partial charge in [-0.25, -0.2) is 4.99 Å². The lowest BCUT2D eigenvalue weighted by molar-refractivity contribution is 0.305. The first-order valence-electron chi connectivity index (χ1n) is 6.14. The fourth-order valence-corrected chi connectivity index (χ4v) is 1.76. The molecule has 7 heteroatoms. The van der Waals surface area contributed by atoms with Gasteiger partial charge in [-0.15, -0.1) is 0 Å². The third-order valence-electron chi connectivity index (χ3n) is 2.77. The van der Waals surface area contributed by atoms with E-state index >= 15 is 0 Å². The number of guanidine groups is 2. The van der Waals surface area contributed by atoms with Crippen molar-refractivity contribution in [3.8, 4) is 5.75 Å². The molecule has 0 aliphatic heterocycles. The van der Waals surface area contributed by atoms with Crippen LogP contribution in [0.25, 0.3) is 0 Å². The highest BCUT2D eigenvalue weighted by Crippen LogP contribution is 2.22. The zero-order chi connectivity index (χ0) is 15.1. The molecular weight excluding hydrogens is 256 g/mol. The molecule has 0 fully saturated rings. The van der Waals surface area contributed by atoms with Crippen LogP contribution in [0.15, 0.2) is 34.3 Å². The minimum atomic E-state index is -0.103. The quantitative estimate of drug-likeness (QED) is 0.513. The molecule has 1 aromatic rings. The van der Waals surface area contributed by atoms with Crippen LogP contribution in [0.4, 0.5) is 0 Å². The normalized spacial score (nSPS) is 13.1. The van der Waals surface area contributed by atoms with Crippen molar-refractivity contribution in [3.05, 3.63) is 29.8 Å². The molecule has 1 rings (SSSR count). The molecule has 0 spiro atoms. The lowest BCUT2D eigenvalue weighted by Crippen LogP contribution is -2.27. The van der Waals surface area contributed by atoms with Crippen LogP contribution in [0, 0.1) is 0 Å². The van der Waals surface area contributed by atoms with E-state index in [4.69, 9.17) is 21.9 Å². The van der Waals surface area contributed by atoms with Crippen LogP contribution in [0.3, 0.4) is 0 Å². The monoisotopic (exact) mass is 278 g/mol. The lowest BCUT2D eigenvalue weighted by atomic mass is 10.1. The van der Waals surface area contributed by atoms with Crippen molar-refractivity contribution in [2.75, 3.05) is 27.7 Å². The Morgan fingerprint density at radius 1 is 1.30 bits per heavy atom. The third-order valence-corrected chi connectivity index (χ3v) is 2.77. The average molecular weight is 278 g/mol. The lowest BCUT2D eigenvalue weighted by Gasteiger charge is -2.23. The van der Waals surface area contributed by atoms with Crippen molar-refractivity contribution >= 4 is 11.9 Å². The highest BCUT2D eigenvalue weighted by molar-refractivity contribution is 5.92. The van der Waals surface area contributed by atoms with E-state index in [1.54, 1.807) is 7.11 Å². The second-order valence-electron chi connectivity index (χ2n) is 4.49. The number of rotatable bonds is 5. The Morgan fingerprint density at radius 2 is 2.00 bits per heavy atom. The molecule has 20 heavy (non-hydrogen) atoms. The number of nitrogens with zero attached hydrogens (tertiary/aromatic N) is 3. The van der Waals surface area contributed by atoms with Gasteiger partial charge >= 0.3 is 0 Å². The van der Waals surface area contributed by atoms with E-state index in [0.717, 1.165) is 11.3 Å². The smallest absolute Gasteiger partial charge is 0.218 e. The molecule has 1 aromatic carbocycles. The zero-order valence-electron chi connectivity index (χ0n) is 12.1. The van der Waals surface area contributed by atoms with Crippen LogP contribution in [0.5, 0.6) is 5.75 Å². The van der Waals surface area contributed by atoms with Crippen LogP contribution < -0.4 is 21.9 Å². The van der Waals surface area contributed by atoms with Crippen molar-refractivity contribution in [1.82, 2.24) is 4.90 Å². The largest absolute Gasteiger partial charge is 0.497 e. The van der Waals surface area contributed by atoms with Gasteiger partial charge in [0.1, 0.15) is 5.75 Å². The Labute approximate surface area is 119 Å². The maximum Gasteiger partial charge on any atom is 0.218 e. The molecule has 0 aliphatic rings. The van der Waals surface area contributed by atoms with E-state index in [9.17, 15) is 0 Å². The number of benzene rings is 1. The number of hydrogen-bond donors (Lipinski definition) is 3. The van der Waals surface area contributed by atoms with Crippen molar-refractivity contribution in [2.24, 2.45) is 27.2 Å². The molecule has 0 saturated heterocycles. The summed E-state index contributed by atoms with van der Waals surface area (Å²) < 4.78 is 5.23. The Bertz CT molecular complexity index is 493. The van der Waals surface area contributed by atoms with Crippen LogP contribution in [-0.2, 0) is 0 Å². The molecule has 0 bridgehead atoms. The molecule has 0 amide bonds. The van der Waals surface area contributed by atoms with Crippen LogP contribution in [0.2, 0.25) is 0 Å². The maximum absolute atomic E-state index is 5.62. The van der Waals surface area contributed by atoms with E-state index in [-0.39, 0.29) is 18.0 Å². The third kappa shape index (κ3) is 4.77. The molecule has 0 radical (unpaired) electrons. The SMILES string of the molecule is COc1cccc(C(CN=C(N)N=C(N)N)N(C)C)c1. The number of aliphatic imine (C=N–C) groups is 2. The van der Waals surface area contributed by atoms with Crippen molar-refractivity contribution in [1.29, 1.82) is 0 Å². The number of ether oxygens (including phenoxy) is 1. The summed E-state index contributed by atoms with van der Waals surface area (Å²) in [5, 5.41) is 0. The van der Waals surface area contributed by atoms with Gasteiger partial charge < -0.3 is 26.8 Å². The fraction of sp³-hybridized carbons (Fsp3) is 0.385. The van der Waals surface area contributed by atoms with Crippen molar-refractivity contribution in [2.45, 2.75) is 6.04 Å². The maximum atomic E-state index is 5.62. The van der Waals surface area contributed by atoms with E-state index in [2.05, 4.69) is 9.98 Å². The molecule has 1 unspecified atom stereocenters. The number of hydrogen-bond acceptors (Lipinski definition) is 3. The average Bonchev–Trinajstić information content (AvgIpc) is 2.38. The van der Waals surface area contributed by atoms with Gasteiger partial charge in [-0.3, -0.25) is 0 Å². The summed E-state index contributed by atoms with van der Waals surface area (Å²) in [6.45, 7) is 0.447. The second-order valence-corrected chi connectivity index (χ2v) is 4.49. The van der Waals surface area contributed by atoms with Crippen molar-refractivity contribution < 1.29 is 4.74 Å². The van der Waals surface area contributed by atoms with Gasteiger partial charge in [-0.05, 0) is 31.8 Å². The Kier molecular flexibility index (Phi) is 5.79. The topological polar surface area (TPSA) is 115 Å². The molecule has 0 saturated carbocycles. The second kappa shape index (κ2) is 7.34. The molecule has 1 atom stereocenters. The molecule has 0 aromatic heterocycles. The Hall–Kier alpha value is -2.28. The van der Waals surface area contributed by atoms with E-state index < -0.39 is 0 Å². The van der Waals surface area contributed by atoms with Gasteiger partial charge in [0.25, 0.3) is 0 Å². The summed E-state index contributed by atoms with van der Waals surface area (Å²) in [5.41, 5.74) is 17.2. The first-order valence-corrected chi connectivity index (χ1v) is 6.14. The van der Waals surface area contributed by atoms with Gasteiger partial charge in [0.15, 0.2) is 5.96 Å². The Balaban J connectivity index is 2.92. The van der Waals surface area contributed by atoms with Gasteiger partial charge in [-0.1, -0.05) is 12.1 Å². The van der Waals surface area contributed by atoms with Crippen molar-refractivity contribution in [3.63, 3.8) is 0 Å². The zero-order valence-corrected chi connectivity index (χ0v) is 12.1. The molecule has 110 valence electrons. The standard InChI is InChI=1S/C13H22N6O/c1-19(2)11(8-17-13(16)18-12(14)15)9-5-4-6-10(7-9)20-3/h4-7,11H,8H2,1-3H3,(H6,14,15,16,17,18). The molecule has 6 N–H and O–H groups in total. The summed E-state index contributed by atoms with van der Waals surface area (Å²) in [4.78, 5) is 9.92. The van der Waals surface area contributed by atoms with E-state index in [1.807, 2.05) is 43.3 Å². The summed E-state index contributed by atoms with van der Waals surface area (Å²) in [5.74, 6) is 0.768. The van der Waals surface area contributed by atoms with E-state index in [0.29, 0.717) is 6.54 Å². The summed E-state index contributed by atoms with van der Waals surface area (Å²) in [6, 6.07) is 7.87. The van der Waals surface area contributed by atoms with Crippen LogP contribution in [-0.4, -0.2) is 44.6 Å². The highest BCUT2D eigenvalue weighted by atomic mass is 16.5. The predicted molar refractivity (Wildman–Crippen MR) is 81.7 cm³/mol. The van der Waals surface area contributed by atoms with Crippen LogP contribution in [0.1, 0.15) is 11.6 Å². The van der Waals surface area contributed by atoms with Gasteiger partial charge in [0, 0.05) is 0 Å². The molecule has 7 nitrogen and oxygen atoms in total. The number of likely N-dealkylation sites (N-methyl/N-ethyl adjacent to an activating group) is 1. The number of nitrogens with two attached hydrogens (primary N) is 3. The first kappa shape index (κ1) is 15.8. The predicted octanol–water partition coefficient (Wildman–Crippen LogP) is -0.114. The molecular formula is C13H22N6O. The molecule has 0 heterocycles. The minimum Gasteiger partial charge on any atom is -0.497 e. The van der Waals surface area contributed by atoms with Crippen LogP contribution >= 0.6 is 0 Å². The van der Waals surface area contributed by atoms with Gasteiger partial charge in [-0.2, -0.15) is 4.99 Å². The van der Waals surface area contributed by atoms with Gasteiger partial charge in [0.05, 0.1) is 19.7 Å². The minimum absolute atomic E-state index is 0.0536. The summed E-state index contributed by atoms with van der Waals surface area (Å²) in [7, 11) is 5.57. The summed E-state index contributed by atoms with van der Waals surface area (Å²) >= 11 is 0. The van der Waals surface area contributed by atoms with E-state index in [1.165, 1.54) is 0 Å². The molecule has 0 aliphatic carbocycles.